The highest BCUT2D eigenvalue weighted by atomic mass is 79.9. The van der Waals surface area contributed by atoms with E-state index >= 15 is 0 Å². The van der Waals surface area contributed by atoms with Gasteiger partial charge in [0.15, 0.2) is 0 Å². The highest BCUT2D eigenvalue weighted by Crippen LogP contribution is 2.35. The lowest BCUT2D eigenvalue weighted by atomic mass is 9.84. The average molecular weight is 344 g/mol. The van der Waals surface area contributed by atoms with Gasteiger partial charge < -0.3 is 5.32 Å². The van der Waals surface area contributed by atoms with Crippen LogP contribution in [-0.4, -0.2) is 6.54 Å². The number of aryl methyl sites for hydroxylation is 1. The molecule has 1 heterocycles. The van der Waals surface area contributed by atoms with E-state index < -0.39 is 0 Å². The van der Waals surface area contributed by atoms with Gasteiger partial charge in [-0.25, -0.2) is 0 Å². The molecule has 1 nitrogen and oxygen atoms in total. The maximum Gasteiger partial charge on any atom is 0.0704 e. The second-order valence-electron chi connectivity index (χ2n) is 5.75. The largest absolute Gasteiger partial charge is 0.310 e. The molecule has 1 unspecified atom stereocenters. The van der Waals surface area contributed by atoms with E-state index in [2.05, 4.69) is 41.2 Å². The van der Waals surface area contributed by atoms with E-state index in [4.69, 9.17) is 0 Å². The molecule has 108 valence electrons. The predicted octanol–water partition coefficient (Wildman–Crippen LogP) is 5.83. The number of rotatable bonds is 6. The van der Waals surface area contributed by atoms with Gasteiger partial charge in [0.2, 0.25) is 0 Å². The summed E-state index contributed by atoms with van der Waals surface area (Å²) < 4.78 is 1.26. The maximum atomic E-state index is 3.68. The van der Waals surface area contributed by atoms with Crippen LogP contribution in [-0.2, 0) is 0 Å². The molecule has 2 rings (SSSR count). The Morgan fingerprint density at radius 3 is 2.68 bits per heavy atom. The van der Waals surface area contributed by atoms with Crippen molar-refractivity contribution in [3.05, 3.63) is 20.3 Å². The first-order valence-electron chi connectivity index (χ1n) is 7.70. The molecule has 3 heteroatoms. The van der Waals surface area contributed by atoms with Crippen LogP contribution in [0.1, 0.15) is 68.4 Å². The van der Waals surface area contributed by atoms with Crippen molar-refractivity contribution in [3.8, 4) is 0 Å². The fourth-order valence-electron chi connectivity index (χ4n) is 3.30. The SMILES string of the molecule is CCNC(CCC1CCCCC1)c1cc(Br)sc1C. The molecule has 0 aromatic carbocycles. The first-order chi connectivity index (χ1) is 9.20. The predicted molar refractivity (Wildman–Crippen MR) is 89.0 cm³/mol. The number of hydrogen-bond acceptors (Lipinski definition) is 2. The third-order valence-electron chi connectivity index (χ3n) is 4.34. The van der Waals surface area contributed by atoms with Crippen LogP contribution in [0.15, 0.2) is 9.85 Å². The summed E-state index contributed by atoms with van der Waals surface area (Å²) >= 11 is 5.48. The molecular formula is C16H26BrNS. The van der Waals surface area contributed by atoms with Crippen LogP contribution in [0.3, 0.4) is 0 Å². The van der Waals surface area contributed by atoms with Gasteiger partial charge in [0, 0.05) is 10.9 Å². The summed E-state index contributed by atoms with van der Waals surface area (Å²) in [4.78, 5) is 1.46. The summed E-state index contributed by atoms with van der Waals surface area (Å²) in [7, 11) is 0. The lowest BCUT2D eigenvalue weighted by molar-refractivity contribution is 0.315. The quantitative estimate of drug-likeness (QED) is 0.684. The molecule has 0 radical (unpaired) electrons. The van der Waals surface area contributed by atoms with E-state index in [0.29, 0.717) is 6.04 Å². The van der Waals surface area contributed by atoms with Crippen LogP contribution in [0.2, 0.25) is 0 Å². The minimum atomic E-state index is 0.550. The van der Waals surface area contributed by atoms with Crippen molar-refractivity contribution in [3.63, 3.8) is 0 Å². The smallest absolute Gasteiger partial charge is 0.0704 e. The van der Waals surface area contributed by atoms with Gasteiger partial charge in [-0.3, -0.25) is 0 Å². The molecule has 1 fully saturated rings. The van der Waals surface area contributed by atoms with Gasteiger partial charge in [-0.1, -0.05) is 39.0 Å². The Labute approximate surface area is 130 Å². The lowest BCUT2D eigenvalue weighted by Crippen LogP contribution is -2.22. The van der Waals surface area contributed by atoms with E-state index in [0.717, 1.165) is 12.5 Å². The van der Waals surface area contributed by atoms with E-state index in [1.807, 2.05) is 11.3 Å². The Morgan fingerprint density at radius 2 is 2.11 bits per heavy atom. The zero-order valence-electron chi connectivity index (χ0n) is 12.2. The van der Waals surface area contributed by atoms with Gasteiger partial charge >= 0.3 is 0 Å². The summed E-state index contributed by atoms with van der Waals surface area (Å²) in [6.07, 6.45) is 9.99. The van der Waals surface area contributed by atoms with Crippen molar-refractivity contribution < 1.29 is 0 Å². The molecule has 1 saturated carbocycles. The van der Waals surface area contributed by atoms with Gasteiger partial charge in [-0.2, -0.15) is 0 Å². The fourth-order valence-corrected chi connectivity index (χ4v) is 5.07. The fraction of sp³-hybridized carbons (Fsp3) is 0.750. The van der Waals surface area contributed by atoms with Gasteiger partial charge in [-0.15, -0.1) is 11.3 Å². The Morgan fingerprint density at radius 1 is 1.37 bits per heavy atom. The summed E-state index contributed by atoms with van der Waals surface area (Å²) in [5.74, 6) is 0.984. The lowest BCUT2D eigenvalue weighted by Gasteiger charge is -2.25. The molecule has 1 aliphatic rings. The standard InChI is InChI=1S/C16H26BrNS/c1-3-18-15(14-11-16(17)19-12(14)2)10-9-13-7-5-4-6-8-13/h11,13,15,18H,3-10H2,1-2H3. The summed E-state index contributed by atoms with van der Waals surface area (Å²) in [5, 5.41) is 3.68. The Bertz CT molecular complexity index is 382. The summed E-state index contributed by atoms with van der Waals surface area (Å²) in [6, 6.07) is 2.86. The van der Waals surface area contributed by atoms with Crippen molar-refractivity contribution in [2.24, 2.45) is 5.92 Å². The van der Waals surface area contributed by atoms with Crippen LogP contribution in [0.5, 0.6) is 0 Å². The highest BCUT2D eigenvalue weighted by Gasteiger charge is 2.19. The van der Waals surface area contributed by atoms with Gasteiger partial charge in [0.1, 0.15) is 0 Å². The molecule has 0 saturated heterocycles. The van der Waals surface area contributed by atoms with Crippen LogP contribution >= 0.6 is 27.3 Å². The van der Waals surface area contributed by atoms with E-state index in [1.54, 1.807) is 0 Å². The minimum Gasteiger partial charge on any atom is -0.310 e. The van der Waals surface area contributed by atoms with Crippen molar-refractivity contribution in [1.82, 2.24) is 5.32 Å². The highest BCUT2D eigenvalue weighted by molar-refractivity contribution is 9.11. The van der Waals surface area contributed by atoms with Crippen LogP contribution < -0.4 is 5.32 Å². The molecule has 0 aliphatic heterocycles. The second-order valence-corrected chi connectivity index (χ2v) is 8.39. The van der Waals surface area contributed by atoms with Crippen molar-refractivity contribution >= 4 is 27.3 Å². The Kier molecular flexibility index (Phi) is 6.37. The van der Waals surface area contributed by atoms with Crippen molar-refractivity contribution in [2.75, 3.05) is 6.54 Å². The normalized spacial score (nSPS) is 18.7. The second kappa shape index (κ2) is 7.80. The summed E-state index contributed by atoms with van der Waals surface area (Å²) in [5.41, 5.74) is 1.51. The van der Waals surface area contributed by atoms with Crippen LogP contribution in [0.4, 0.5) is 0 Å². The molecule has 1 aromatic heterocycles. The van der Waals surface area contributed by atoms with E-state index in [1.165, 1.54) is 59.2 Å². The number of nitrogens with one attached hydrogen (secondary N) is 1. The first-order valence-corrected chi connectivity index (χ1v) is 9.31. The zero-order valence-corrected chi connectivity index (χ0v) is 14.6. The van der Waals surface area contributed by atoms with Gasteiger partial charge in [-0.05, 0) is 59.8 Å². The molecule has 19 heavy (non-hydrogen) atoms. The third kappa shape index (κ3) is 4.57. The average Bonchev–Trinajstić information content (AvgIpc) is 2.75. The van der Waals surface area contributed by atoms with Gasteiger partial charge in [0.05, 0.1) is 3.79 Å². The Balaban J connectivity index is 1.93. The summed E-state index contributed by atoms with van der Waals surface area (Å²) in [6.45, 7) is 5.52. The minimum absolute atomic E-state index is 0.550. The topological polar surface area (TPSA) is 12.0 Å². The maximum absolute atomic E-state index is 3.68. The monoisotopic (exact) mass is 343 g/mol. The molecule has 0 spiro atoms. The molecule has 1 aliphatic carbocycles. The van der Waals surface area contributed by atoms with E-state index in [-0.39, 0.29) is 0 Å². The third-order valence-corrected chi connectivity index (χ3v) is 5.91. The van der Waals surface area contributed by atoms with Gasteiger partial charge in [0.25, 0.3) is 0 Å². The first kappa shape index (κ1) is 15.5. The van der Waals surface area contributed by atoms with Crippen molar-refractivity contribution in [2.45, 2.75) is 64.8 Å². The Hall–Kier alpha value is 0.140. The molecule has 1 N–H and O–H groups in total. The zero-order chi connectivity index (χ0) is 13.7. The van der Waals surface area contributed by atoms with Crippen LogP contribution in [0.25, 0.3) is 0 Å². The van der Waals surface area contributed by atoms with E-state index in [9.17, 15) is 0 Å². The number of thiophene rings is 1. The molecule has 0 amide bonds. The molecular weight excluding hydrogens is 318 g/mol. The molecule has 0 bridgehead atoms. The van der Waals surface area contributed by atoms with Crippen LogP contribution in [0, 0.1) is 12.8 Å². The molecule has 1 atom stereocenters. The molecule has 1 aromatic rings. The number of halogens is 1. The number of hydrogen-bond donors (Lipinski definition) is 1. The van der Waals surface area contributed by atoms with Crippen molar-refractivity contribution in [1.29, 1.82) is 0 Å².